The van der Waals surface area contributed by atoms with E-state index in [4.69, 9.17) is 9.47 Å². The van der Waals surface area contributed by atoms with Crippen LogP contribution in [0.3, 0.4) is 0 Å². The molecule has 0 N–H and O–H groups in total. The van der Waals surface area contributed by atoms with E-state index >= 15 is 0 Å². The molecule has 0 radical (unpaired) electrons. The molecule has 1 aliphatic rings. The van der Waals surface area contributed by atoms with E-state index in [0.717, 1.165) is 5.56 Å². The summed E-state index contributed by atoms with van der Waals surface area (Å²) in [6.07, 6.45) is 0. The van der Waals surface area contributed by atoms with E-state index in [2.05, 4.69) is 0 Å². The predicted octanol–water partition coefficient (Wildman–Crippen LogP) is 3.14. The van der Waals surface area contributed by atoms with Crippen molar-refractivity contribution in [2.45, 2.75) is 6.92 Å². The van der Waals surface area contributed by atoms with Crippen LogP contribution >= 0.6 is 0 Å². The van der Waals surface area contributed by atoms with Gasteiger partial charge in [0.2, 0.25) is 0 Å². The Kier molecular flexibility index (Phi) is 3.14. The molecule has 0 fully saturated rings. The smallest absolute Gasteiger partial charge is 0.193 e. The second-order valence-electron chi connectivity index (χ2n) is 4.65. The Hall–Kier alpha value is -2.36. The number of fused-ring (bicyclic) bond motifs is 1. The average Bonchev–Trinajstić information content (AvgIpc) is 2.48. The minimum atomic E-state index is -0.420. The Morgan fingerprint density at radius 2 is 1.80 bits per heavy atom. The zero-order valence-corrected chi connectivity index (χ0v) is 11.0. The number of carbonyl (C=O) groups excluding carboxylic acids is 1. The largest absolute Gasteiger partial charge is 0.486 e. The van der Waals surface area contributed by atoms with Crippen molar-refractivity contribution in [1.82, 2.24) is 0 Å². The number of benzene rings is 2. The maximum atomic E-state index is 13.3. The van der Waals surface area contributed by atoms with Gasteiger partial charge in [0.1, 0.15) is 19.0 Å². The Labute approximate surface area is 115 Å². The second-order valence-corrected chi connectivity index (χ2v) is 4.65. The van der Waals surface area contributed by atoms with Gasteiger partial charge in [-0.15, -0.1) is 0 Å². The van der Waals surface area contributed by atoms with Gasteiger partial charge < -0.3 is 9.47 Å². The van der Waals surface area contributed by atoms with Crippen molar-refractivity contribution >= 4 is 5.78 Å². The summed E-state index contributed by atoms with van der Waals surface area (Å²) in [6.45, 7) is 2.75. The van der Waals surface area contributed by atoms with Gasteiger partial charge in [0.15, 0.2) is 17.3 Å². The molecule has 0 amide bonds. The second kappa shape index (κ2) is 4.96. The summed E-state index contributed by atoms with van der Waals surface area (Å²) in [5, 5.41) is 0. The summed E-state index contributed by atoms with van der Waals surface area (Å²) < 4.78 is 24.2. The van der Waals surface area contributed by atoms with Crippen molar-refractivity contribution in [3.8, 4) is 11.5 Å². The van der Waals surface area contributed by atoms with Crippen molar-refractivity contribution in [1.29, 1.82) is 0 Å². The molecule has 0 saturated heterocycles. The van der Waals surface area contributed by atoms with Gasteiger partial charge in [-0.2, -0.15) is 0 Å². The van der Waals surface area contributed by atoms with Crippen molar-refractivity contribution in [2.24, 2.45) is 0 Å². The number of hydrogen-bond acceptors (Lipinski definition) is 3. The van der Waals surface area contributed by atoms with Crippen LogP contribution in [-0.2, 0) is 0 Å². The lowest BCUT2D eigenvalue weighted by Gasteiger charge is -2.18. The number of halogens is 1. The minimum Gasteiger partial charge on any atom is -0.486 e. The molecular weight excluding hydrogens is 259 g/mol. The molecule has 0 unspecified atom stereocenters. The van der Waals surface area contributed by atoms with Gasteiger partial charge in [-0.25, -0.2) is 4.39 Å². The van der Waals surface area contributed by atoms with Crippen molar-refractivity contribution in [3.63, 3.8) is 0 Å². The molecule has 3 nitrogen and oxygen atoms in total. The van der Waals surface area contributed by atoms with Crippen LogP contribution in [0.5, 0.6) is 11.5 Å². The number of ketones is 1. The third-order valence-electron chi connectivity index (χ3n) is 3.25. The fraction of sp³-hybridized carbons (Fsp3) is 0.188. The summed E-state index contributed by atoms with van der Waals surface area (Å²) in [7, 11) is 0. The lowest BCUT2D eigenvalue weighted by Crippen LogP contribution is -2.16. The van der Waals surface area contributed by atoms with E-state index in [-0.39, 0.29) is 5.78 Å². The fourth-order valence-electron chi connectivity index (χ4n) is 2.18. The van der Waals surface area contributed by atoms with Crippen LogP contribution < -0.4 is 9.47 Å². The van der Waals surface area contributed by atoms with E-state index in [9.17, 15) is 9.18 Å². The molecule has 1 heterocycles. The quantitative estimate of drug-likeness (QED) is 0.788. The monoisotopic (exact) mass is 272 g/mol. The summed E-state index contributed by atoms with van der Waals surface area (Å²) in [5.74, 6) is 0.537. The Morgan fingerprint density at radius 1 is 1.05 bits per heavy atom. The molecule has 2 aromatic rings. The van der Waals surface area contributed by atoms with Gasteiger partial charge in [-0.05, 0) is 42.8 Å². The van der Waals surface area contributed by atoms with Gasteiger partial charge in [-0.1, -0.05) is 6.07 Å². The summed E-state index contributed by atoms with van der Waals surface area (Å²) in [6, 6.07) is 9.21. The molecule has 102 valence electrons. The van der Waals surface area contributed by atoms with Gasteiger partial charge >= 0.3 is 0 Å². The molecule has 0 aromatic heterocycles. The van der Waals surface area contributed by atoms with Crippen LogP contribution in [0, 0.1) is 12.7 Å². The van der Waals surface area contributed by atoms with Gasteiger partial charge in [0.25, 0.3) is 0 Å². The Bertz CT molecular complexity index is 679. The first-order valence-electron chi connectivity index (χ1n) is 6.35. The minimum absolute atomic E-state index is 0.223. The lowest BCUT2D eigenvalue weighted by molar-refractivity contribution is 0.103. The number of ether oxygens (including phenoxy) is 2. The summed E-state index contributed by atoms with van der Waals surface area (Å²) >= 11 is 0. The number of rotatable bonds is 2. The summed E-state index contributed by atoms with van der Waals surface area (Å²) in [4.78, 5) is 12.4. The fourth-order valence-corrected chi connectivity index (χ4v) is 2.18. The van der Waals surface area contributed by atoms with Crippen molar-refractivity contribution in [3.05, 3.63) is 58.9 Å². The van der Waals surface area contributed by atoms with Gasteiger partial charge in [0.05, 0.1) is 0 Å². The average molecular weight is 272 g/mol. The Morgan fingerprint density at radius 3 is 2.60 bits per heavy atom. The van der Waals surface area contributed by atoms with E-state index in [1.165, 1.54) is 12.1 Å². The van der Waals surface area contributed by atoms with Crippen molar-refractivity contribution < 1.29 is 18.7 Å². The lowest BCUT2D eigenvalue weighted by atomic mass is 9.98. The highest BCUT2D eigenvalue weighted by Gasteiger charge is 2.17. The van der Waals surface area contributed by atoms with Crippen LogP contribution in [0.25, 0.3) is 0 Å². The highest BCUT2D eigenvalue weighted by atomic mass is 19.1. The maximum Gasteiger partial charge on any atom is 0.193 e. The number of carbonyl (C=O) groups is 1. The first-order valence-corrected chi connectivity index (χ1v) is 6.35. The first-order chi connectivity index (χ1) is 9.65. The van der Waals surface area contributed by atoms with Crippen LogP contribution in [0.4, 0.5) is 4.39 Å². The molecule has 0 bridgehead atoms. The maximum absolute atomic E-state index is 13.3. The highest BCUT2D eigenvalue weighted by Crippen LogP contribution is 2.31. The van der Waals surface area contributed by atoms with Crippen LogP contribution in [0.15, 0.2) is 36.4 Å². The van der Waals surface area contributed by atoms with Crippen molar-refractivity contribution in [2.75, 3.05) is 13.2 Å². The zero-order valence-electron chi connectivity index (χ0n) is 11.0. The first kappa shape index (κ1) is 12.7. The molecule has 3 rings (SSSR count). The molecule has 2 aromatic carbocycles. The van der Waals surface area contributed by atoms with Gasteiger partial charge in [0, 0.05) is 11.1 Å². The van der Waals surface area contributed by atoms with Crippen LogP contribution in [0.2, 0.25) is 0 Å². The van der Waals surface area contributed by atoms with E-state index in [1.54, 1.807) is 31.2 Å². The van der Waals surface area contributed by atoms with E-state index in [1.807, 2.05) is 0 Å². The van der Waals surface area contributed by atoms with E-state index < -0.39 is 5.82 Å². The molecule has 0 atom stereocenters. The Balaban J connectivity index is 2.00. The topological polar surface area (TPSA) is 35.5 Å². The normalized spacial score (nSPS) is 13.1. The number of aryl methyl sites for hydroxylation is 1. The SMILES string of the molecule is Cc1ccc(F)cc1C(=O)c1ccc2c(c1)OCCO2. The third-order valence-corrected chi connectivity index (χ3v) is 3.25. The molecular formula is C16H13FO3. The standard InChI is InChI=1S/C16H13FO3/c1-10-2-4-12(17)9-13(10)16(18)11-3-5-14-15(8-11)20-7-6-19-14/h2-5,8-9H,6-7H2,1H3. The number of hydrogen-bond donors (Lipinski definition) is 0. The van der Waals surface area contributed by atoms with E-state index in [0.29, 0.717) is 35.8 Å². The molecule has 4 heteroatoms. The zero-order chi connectivity index (χ0) is 14.1. The molecule has 0 spiro atoms. The van der Waals surface area contributed by atoms with Crippen LogP contribution in [0.1, 0.15) is 21.5 Å². The molecule has 0 aliphatic carbocycles. The molecule has 1 aliphatic heterocycles. The molecule has 20 heavy (non-hydrogen) atoms. The predicted molar refractivity (Wildman–Crippen MR) is 72.0 cm³/mol. The summed E-state index contributed by atoms with van der Waals surface area (Å²) in [5.41, 5.74) is 1.57. The van der Waals surface area contributed by atoms with Crippen LogP contribution in [-0.4, -0.2) is 19.0 Å². The highest BCUT2D eigenvalue weighted by molar-refractivity contribution is 6.10. The third kappa shape index (κ3) is 2.25. The molecule has 0 saturated carbocycles. The van der Waals surface area contributed by atoms with Gasteiger partial charge in [-0.3, -0.25) is 4.79 Å².